The van der Waals surface area contributed by atoms with Crippen molar-refractivity contribution in [1.82, 2.24) is 0 Å². The number of benzene rings is 3. The standard InChI is InChI=1S/C17H14N2O4S/c18-14-6-4-11-5-7-15(9-13(11)8-14)19-24(22,23)16-3-1-2-12(10-16)17(20)21/h1-10,19H,18H2,(H,20,21). The van der Waals surface area contributed by atoms with Gasteiger partial charge in [-0.05, 0) is 53.2 Å². The second-order valence-corrected chi connectivity index (χ2v) is 6.94. The Morgan fingerprint density at radius 3 is 2.46 bits per heavy atom. The molecule has 0 fully saturated rings. The van der Waals surface area contributed by atoms with E-state index in [0.29, 0.717) is 11.4 Å². The summed E-state index contributed by atoms with van der Waals surface area (Å²) in [6, 6.07) is 15.6. The zero-order valence-corrected chi connectivity index (χ0v) is 13.2. The zero-order chi connectivity index (χ0) is 17.3. The van der Waals surface area contributed by atoms with Crippen molar-refractivity contribution in [3.8, 4) is 0 Å². The van der Waals surface area contributed by atoms with E-state index in [-0.39, 0.29) is 10.5 Å². The maximum absolute atomic E-state index is 12.5. The lowest BCUT2D eigenvalue weighted by atomic mass is 10.1. The predicted molar refractivity (Wildman–Crippen MR) is 92.6 cm³/mol. The lowest BCUT2D eigenvalue weighted by molar-refractivity contribution is 0.0696. The molecule has 24 heavy (non-hydrogen) atoms. The number of nitrogen functional groups attached to an aromatic ring is 1. The van der Waals surface area contributed by atoms with E-state index in [1.807, 2.05) is 6.07 Å². The van der Waals surface area contributed by atoms with Gasteiger partial charge >= 0.3 is 5.97 Å². The highest BCUT2D eigenvalue weighted by Crippen LogP contribution is 2.24. The molecule has 0 radical (unpaired) electrons. The van der Waals surface area contributed by atoms with Gasteiger partial charge in [-0.25, -0.2) is 13.2 Å². The first-order valence-corrected chi connectivity index (χ1v) is 8.49. The topological polar surface area (TPSA) is 109 Å². The van der Waals surface area contributed by atoms with Crippen molar-refractivity contribution in [1.29, 1.82) is 0 Å². The fourth-order valence-corrected chi connectivity index (χ4v) is 3.43. The molecule has 0 amide bonds. The highest BCUT2D eigenvalue weighted by molar-refractivity contribution is 7.92. The van der Waals surface area contributed by atoms with Gasteiger partial charge in [0.15, 0.2) is 0 Å². The summed E-state index contributed by atoms with van der Waals surface area (Å²) in [5.74, 6) is -1.19. The Morgan fingerprint density at radius 1 is 0.958 bits per heavy atom. The molecule has 0 bridgehead atoms. The number of nitrogens with one attached hydrogen (secondary N) is 1. The van der Waals surface area contributed by atoms with Gasteiger partial charge in [-0.3, -0.25) is 4.72 Å². The van der Waals surface area contributed by atoms with E-state index < -0.39 is 16.0 Å². The van der Waals surface area contributed by atoms with Crippen LogP contribution in [0.15, 0.2) is 65.6 Å². The molecule has 122 valence electrons. The number of fused-ring (bicyclic) bond motifs is 1. The van der Waals surface area contributed by atoms with Gasteiger partial charge in [0, 0.05) is 11.4 Å². The number of carboxylic acids is 1. The Labute approximate surface area is 138 Å². The van der Waals surface area contributed by atoms with E-state index >= 15 is 0 Å². The second kappa shape index (κ2) is 5.86. The number of carbonyl (C=O) groups is 1. The van der Waals surface area contributed by atoms with E-state index in [4.69, 9.17) is 10.8 Å². The number of hydrogen-bond donors (Lipinski definition) is 3. The first-order valence-electron chi connectivity index (χ1n) is 7.01. The van der Waals surface area contributed by atoms with Crippen LogP contribution in [0, 0.1) is 0 Å². The summed E-state index contributed by atoms with van der Waals surface area (Å²) < 4.78 is 27.4. The molecule has 3 aromatic rings. The zero-order valence-electron chi connectivity index (χ0n) is 12.4. The summed E-state index contributed by atoms with van der Waals surface area (Å²) in [4.78, 5) is 10.9. The summed E-state index contributed by atoms with van der Waals surface area (Å²) in [6.45, 7) is 0. The first kappa shape index (κ1) is 15.8. The summed E-state index contributed by atoms with van der Waals surface area (Å²) in [5.41, 5.74) is 6.60. The normalized spacial score (nSPS) is 11.3. The van der Waals surface area contributed by atoms with Crippen molar-refractivity contribution in [3.63, 3.8) is 0 Å². The molecule has 4 N–H and O–H groups in total. The molecule has 0 saturated carbocycles. The smallest absolute Gasteiger partial charge is 0.335 e. The molecule has 7 heteroatoms. The number of sulfonamides is 1. The molecule has 0 aliphatic carbocycles. The van der Waals surface area contributed by atoms with Crippen molar-refractivity contribution < 1.29 is 18.3 Å². The van der Waals surface area contributed by atoms with Crippen molar-refractivity contribution >= 4 is 38.1 Å². The summed E-state index contributed by atoms with van der Waals surface area (Å²) >= 11 is 0. The number of nitrogens with two attached hydrogens (primary N) is 1. The molecule has 0 aromatic heterocycles. The third kappa shape index (κ3) is 3.16. The molecule has 3 rings (SSSR count). The van der Waals surface area contributed by atoms with Gasteiger partial charge in [0.2, 0.25) is 0 Å². The SMILES string of the molecule is Nc1ccc2ccc(NS(=O)(=O)c3cccc(C(=O)O)c3)cc2c1. The average Bonchev–Trinajstić information content (AvgIpc) is 2.54. The largest absolute Gasteiger partial charge is 0.478 e. The lowest BCUT2D eigenvalue weighted by Crippen LogP contribution is -2.13. The van der Waals surface area contributed by atoms with Crippen molar-refractivity contribution in [3.05, 3.63) is 66.2 Å². The highest BCUT2D eigenvalue weighted by atomic mass is 32.2. The third-order valence-electron chi connectivity index (χ3n) is 3.51. The molecule has 0 atom stereocenters. The van der Waals surface area contributed by atoms with Crippen LogP contribution in [-0.4, -0.2) is 19.5 Å². The van der Waals surface area contributed by atoms with E-state index in [0.717, 1.165) is 16.8 Å². The minimum Gasteiger partial charge on any atom is -0.478 e. The van der Waals surface area contributed by atoms with Crippen LogP contribution in [0.25, 0.3) is 10.8 Å². The minimum atomic E-state index is -3.89. The van der Waals surface area contributed by atoms with Gasteiger partial charge in [0.25, 0.3) is 10.0 Å². The van der Waals surface area contributed by atoms with E-state index in [1.54, 1.807) is 30.3 Å². The Morgan fingerprint density at radius 2 is 1.71 bits per heavy atom. The summed E-state index contributed by atoms with van der Waals surface area (Å²) in [5, 5.41) is 10.7. The van der Waals surface area contributed by atoms with Crippen LogP contribution in [0.2, 0.25) is 0 Å². The number of rotatable bonds is 4. The van der Waals surface area contributed by atoms with E-state index in [2.05, 4.69) is 4.72 Å². The van der Waals surface area contributed by atoms with Gasteiger partial charge in [0.05, 0.1) is 10.5 Å². The first-order chi connectivity index (χ1) is 11.3. The molecule has 0 aliphatic rings. The average molecular weight is 342 g/mol. The van der Waals surface area contributed by atoms with Crippen LogP contribution in [0.5, 0.6) is 0 Å². The maximum atomic E-state index is 12.5. The molecular formula is C17H14N2O4S. The number of hydrogen-bond acceptors (Lipinski definition) is 4. The Balaban J connectivity index is 1.97. The van der Waals surface area contributed by atoms with Crippen LogP contribution in [-0.2, 0) is 10.0 Å². The number of aromatic carboxylic acids is 1. The van der Waals surface area contributed by atoms with Gasteiger partial charge in [0.1, 0.15) is 0 Å². The number of carboxylic acid groups (broad SMARTS) is 1. The minimum absolute atomic E-state index is 0.0934. The molecule has 6 nitrogen and oxygen atoms in total. The maximum Gasteiger partial charge on any atom is 0.335 e. The van der Waals surface area contributed by atoms with Gasteiger partial charge in [-0.15, -0.1) is 0 Å². The second-order valence-electron chi connectivity index (χ2n) is 5.26. The van der Waals surface area contributed by atoms with Gasteiger partial charge in [-0.2, -0.15) is 0 Å². The summed E-state index contributed by atoms with van der Waals surface area (Å²) in [7, 11) is -3.89. The van der Waals surface area contributed by atoms with Crippen LogP contribution >= 0.6 is 0 Å². The van der Waals surface area contributed by atoms with Crippen molar-refractivity contribution in [2.75, 3.05) is 10.5 Å². The monoisotopic (exact) mass is 342 g/mol. The third-order valence-corrected chi connectivity index (χ3v) is 4.89. The molecule has 0 unspecified atom stereocenters. The molecule has 0 heterocycles. The predicted octanol–water partition coefficient (Wildman–Crippen LogP) is 2.92. The van der Waals surface area contributed by atoms with Crippen LogP contribution in [0.1, 0.15) is 10.4 Å². The molecule has 0 saturated heterocycles. The Bertz CT molecular complexity index is 1050. The van der Waals surface area contributed by atoms with Crippen LogP contribution < -0.4 is 10.5 Å². The molecular weight excluding hydrogens is 328 g/mol. The summed E-state index contributed by atoms with van der Waals surface area (Å²) in [6.07, 6.45) is 0. The number of anilines is 2. The fourth-order valence-electron chi connectivity index (χ4n) is 2.34. The highest BCUT2D eigenvalue weighted by Gasteiger charge is 2.16. The Hall–Kier alpha value is -3.06. The van der Waals surface area contributed by atoms with Crippen LogP contribution in [0.3, 0.4) is 0 Å². The van der Waals surface area contributed by atoms with E-state index in [9.17, 15) is 13.2 Å². The molecule has 0 spiro atoms. The molecule has 3 aromatic carbocycles. The lowest BCUT2D eigenvalue weighted by Gasteiger charge is -2.10. The van der Waals surface area contributed by atoms with Crippen LogP contribution in [0.4, 0.5) is 11.4 Å². The van der Waals surface area contributed by atoms with Crippen molar-refractivity contribution in [2.24, 2.45) is 0 Å². The van der Waals surface area contributed by atoms with Gasteiger partial charge < -0.3 is 10.8 Å². The van der Waals surface area contributed by atoms with Crippen molar-refractivity contribution in [2.45, 2.75) is 4.90 Å². The quantitative estimate of drug-likeness (QED) is 0.632. The van der Waals surface area contributed by atoms with E-state index in [1.165, 1.54) is 18.2 Å². The molecule has 0 aliphatic heterocycles. The Kier molecular flexibility index (Phi) is 3.86. The fraction of sp³-hybridized carbons (Fsp3) is 0. The van der Waals surface area contributed by atoms with Gasteiger partial charge in [-0.1, -0.05) is 18.2 Å².